The first-order valence-corrected chi connectivity index (χ1v) is 24.3. The van der Waals surface area contributed by atoms with E-state index in [9.17, 15) is 9.59 Å². The Labute approximate surface area is 342 Å². The van der Waals surface area contributed by atoms with E-state index < -0.39 is 0 Å². The van der Waals surface area contributed by atoms with Crippen LogP contribution in [-0.4, -0.2) is 54.6 Å². The molecule has 0 saturated heterocycles. The second-order valence-corrected chi connectivity index (χ2v) is 16.7. The summed E-state index contributed by atoms with van der Waals surface area (Å²) >= 11 is 6.05. The molecule has 0 aromatic rings. The van der Waals surface area contributed by atoms with Crippen LogP contribution in [0.2, 0.25) is 0 Å². The summed E-state index contributed by atoms with van der Waals surface area (Å²) in [5.74, 6) is 0.708. The van der Waals surface area contributed by atoms with Crippen molar-refractivity contribution in [3.63, 3.8) is 0 Å². The van der Waals surface area contributed by atoms with Crippen LogP contribution in [0.25, 0.3) is 0 Å². The van der Waals surface area contributed by atoms with Crippen LogP contribution in [0.3, 0.4) is 0 Å². The van der Waals surface area contributed by atoms with Crippen molar-refractivity contribution in [1.82, 2.24) is 4.90 Å². The van der Waals surface area contributed by atoms with E-state index in [1.54, 1.807) is 0 Å². The zero-order chi connectivity index (χ0) is 39.6. The number of hydrogen-bond acceptors (Lipinski definition) is 5. The van der Waals surface area contributed by atoms with Crippen LogP contribution in [0.15, 0.2) is 12.7 Å². The lowest BCUT2D eigenvalue weighted by Gasteiger charge is -2.22. The Kier molecular flexibility index (Phi) is 42.2. The van der Waals surface area contributed by atoms with Crippen molar-refractivity contribution in [2.75, 3.05) is 25.5 Å². The van der Waals surface area contributed by atoms with Crippen molar-refractivity contribution in [2.24, 2.45) is 0 Å². The van der Waals surface area contributed by atoms with E-state index in [0.717, 1.165) is 83.8 Å². The summed E-state index contributed by atoms with van der Waals surface area (Å²) in [6.45, 7) is 14.0. The summed E-state index contributed by atoms with van der Waals surface area (Å²) in [4.78, 5) is 27.8. The third kappa shape index (κ3) is 37.8. The number of rotatable bonds is 44. The number of halogens is 1. The maximum Gasteiger partial charge on any atom is 0.306 e. The van der Waals surface area contributed by atoms with E-state index in [-0.39, 0.29) is 24.1 Å². The molecule has 0 aliphatic heterocycles. The van der Waals surface area contributed by atoms with Crippen LogP contribution in [-0.2, 0) is 19.1 Å². The van der Waals surface area contributed by atoms with Crippen LogP contribution in [0, 0.1) is 0 Å². The van der Waals surface area contributed by atoms with Crippen LogP contribution in [0.5, 0.6) is 0 Å². The molecular weight excluding hydrogens is 690 g/mol. The van der Waals surface area contributed by atoms with Crippen LogP contribution in [0.1, 0.15) is 245 Å². The van der Waals surface area contributed by atoms with Crippen molar-refractivity contribution in [1.29, 1.82) is 0 Å². The summed E-state index contributed by atoms with van der Waals surface area (Å²) in [6.07, 6.45) is 42.2. The van der Waals surface area contributed by atoms with Gasteiger partial charge in [-0.25, -0.2) is 0 Å². The predicted octanol–water partition coefficient (Wildman–Crippen LogP) is 15.2. The smallest absolute Gasteiger partial charge is 0.306 e. The number of nitrogens with zero attached hydrogens (tertiary/aromatic N) is 1. The molecule has 0 radical (unpaired) electrons. The van der Waals surface area contributed by atoms with Gasteiger partial charge in [0.15, 0.2) is 0 Å². The Morgan fingerprint density at radius 1 is 0.481 bits per heavy atom. The van der Waals surface area contributed by atoms with Crippen LogP contribution < -0.4 is 0 Å². The van der Waals surface area contributed by atoms with Crippen molar-refractivity contribution in [2.45, 2.75) is 258 Å². The number of carbonyl (C=O) groups excluding carboxylic acids is 2. The first-order chi connectivity index (χ1) is 26.5. The Morgan fingerprint density at radius 2 is 0.815 bits per heavy atom. The third-order valence-corrected chi connectivity index (χ3v) is 11.3. The highest BCUT2D eigenvalue weighted by molar-refractivity contribution is 6.17. The van der Waals surface area contributed by atoms with Gasteiger partial charge in [-0.2, -0.15) is 0 Å². The second kappa shape index (κ2) is 43.1. The van der Waals surface area contributed by atoms with E-state index in [1.165, 1.54) is 148 Å². The minimum atomic E-state index is -0.0359. The van der Waals surface area contributed by atoms with E-state index >= 15 is 0 Å². The summed E-state index contributed by atoms with van der Waals surface area (Å²) in [5.41, 5.74) is 0. The summed E-state index contributed by atoms with van der Waals surface area (Å²) < 4.78 is 11.9. The third-order valence-electron chi connectivity index (χ3n) is 11.0. The zero-order valence-electron chi connectivity index (χ0n) is 36.5. The van der Waals surface area contributed by atoms with Gasteiger partial charge in [-0.1, -0.05) is 162 Å². The zero-order valence-corrected chi connectivity index (χ0v) is 37.2. The van der Waals surface area contributed by atoms with E-state index in [0.29, 0.717) is 18.7 Å². The molecule has 5 nitrogen and oxygen atoms in total. The monoisotopic (exact) mass is 782 g/mol. The summed E-state index contributed by atoms with van der Waals surface area (Å²) in [5, 5.41) is 0. The van der Waals surface area contributed by atoms with Crippen molar-refractivity contribution in [3.05, 3.63) is 12.7 Å². The molecule has 0 N–H and O–H groups in total. The highest BCUT2D eigenvalue weighted by atomic mass is 35.5. The van der Waals surface area contributed by atoms with Gasteiger partial charge in [-0.15, -0.1) is 18.2 Å². The molecule has 0 amide bonds. The number of unbranched alkanes of at least 4 members (excludes halogenated alkanes) is 23. The number of esters is 2. The molecular formula is C48H92ClNO4. The predicted molar refractivity (Wildman–Crippen MR) is 236 cm³/mol. The Bertz CT molecular complexity index is 792. The Morgan fingerprint density at radius 3 is 1.22 bits per heavy atom. The maximum atomic E-state index is 12.8. The Balaban J connectivity index is 4.17. The molecule has 6 heteroatoms. The van der Waals surface area contributed by atoms with Crippen LogP contribution in [0.4, 0.5) is 0 Å². The normalized spacial score (nSPS) is 12.1. The molecule has 1 unspecified atom stereocenters. The lowest BCUT2D eigenvalue weighted by molar-refractivity contribution is -0.150. The van der Waals surface area contributed by atoms with Gasteiger partial charge in [-0.05, 0) is 90.3 Å². The fourth-order valence-electron chi connectivity index (χ4n) is 7.51. The molecule has 1 atom stereocenters. The molecule has 0 aromatic heterocycles. The minimum Gasteiger partial charge on any atom is -0.462 e. The van der Waals surface area contributed by atoms with Gasteiger partial charge in [0.05, 0.1) is 0 Å². The van der Waals surface area contributed by atoms with Crippen LogP contribution >= 0.6 is 11.6 Å². The highest BCUT2D eigenvalue weighted by Gasteiger charge is 2.15. The molecule has 0 spiro atoms. The molecule has 0 fully saturated rings. The van der Waals surface area contributed by atoms with E-state index in [4.69, 9.17) is 21.1 Å². The Hall–Kier alpha value is -1.07. The molecule has 0 heterocycles. The van der Waals surface area contributed by atoms with Crippen molar-refractivity contribution < 1.29 is 19.1 Å². The average Bonchev–Trinajstić information content (AvgIpc) is 3.16. The highest BCUT2D eigenvalue weighted by Crippen LogP contribution is 2.19. The molecule has 0 aliphatic rings. The van der Waals surface area contributed by atoms with Gasteiger partial charge in [0.25, 0.3) is 0 Å². The number of alkyl halides is 1. The molecule has 0 aliphatic carbocycles. The maximum absolute atomic E-state index is 12.8. The lowest BCUT2D eigenvalue weighted by atomic mass is 10.0. The molecule has 0 bridgehead atoms. The fourth-order valence-corrected chi connectivity index (χ4v) is 7.63. The molecule has 0 aromatic carbocycles. The molecule has 0 rings (SSSR count). The van der Waals surface area contributed by atoms with E-state index in [1.807, 2.05) is 6.08 Å². The van der Waals surface area contributed by atoms with Gasteiger partial charge in [-0.3, -0.25) is 9.59 Å². The van der Waals surface area contributed by atoms with Gasteiger partial charge >= 0.3 is 11.9 Å². The quantitative estimate of drug-likeness (QED) is 0.0267. The molecule has 0 saturated carbocycles. The summed E-state index contributed by atoms with van der Waals surface area (Å²) in [6, 6.07) is 0. The lowest BCUT2D eigenvalue weighted by Crippen LogP contribution is -2.27. The van der Waals surface area contributed by atoms with Crippen molar-refractivity contribution >= 4 is 23.5 Å². The molecule has 54 heavy (non-hydrogen) atoms. The van der Waals surface area contributed by atoms with Gasteiger partial charge < -0.3 is 14.4 Å². The van der Waals surface area contributed by atoms with Crippen molar-refractivity contribution in [3.8, 4) is 0 Å². The molecule has 320 valence electrons. The topological polar surface area (TPSA) is 55.8 Å². The minimum absolute atomic E-state index is 0.000754. The number of carbonyl (C=O) groups is 2. The number of ether oxygens (including phenoxy) is 2. The SMILES string of the molecule is C=CCC(CCCCCCCC)OC(=O)CCCCCCCN(CCCCl)CCCCCCCC(=O)OC(CCCCCCCC)CCCCCCCC. The number of hydrogen-bond donors (Lipinski definition) is 0. The second-order valence-electron chi connectivity index (χ2n) is 16.3. The van der Waals surface area contributed by atoms with Gasteiger partial charge in [0.2, 0.25) is 0 Å². The first kappa shape index (κ1) is 52.9. The largest absolute Gasteiger partial charge is 0.462 e. The summed E-state index contributed by atoms with van der Waals surface area (Å²) in [7, 11) is 0. The first-order valence-electron chi connectivity index (χ1n) is 23.8. The average molecular weight is 783 g/mol. The van der Waals surface area contributed by atoms with Gasteiger partial charge in [0, 0.05) is 25.1 Å². The standard InChI is InChI=1S/C48H92ClNO4/c1-5-9-12-15-20-27-36-45(35-8-4)53-47(51)39-30-23-18-25-32-42-50(44-34-41-49)43-33-26-19-24-31-40-48(52)54-46(37-28-21-16-13-10-6-2)38-29-22-17-14-11-7-3/h8,45-46H,4-7,9-44H2,1-3H3. The van der Waals surface area contributed by atoms with Gasteiger partial charge in [0.1, 0.15) is 12.2 Å². The fraction of sp³-hybridized carbons (Fsp3) is 0.917. The van der Waals surface area contributed by atoms with E-state index in [2.05, 4.69) is 32.3 Å².